The molecule has 1 atom stereocenters. The third-order valence-electron chi connectivity index (χ3n) is 3.62. The Labute approximate surface area is 146 Å². The fourth-order valence-corrected chi connectivity index (χ4v) is 2.43. The van der Waals surface area contributed by atoms with Crippen LogP contribution in [0.15, 0.2) is 48.5 Å². The average Bonchev–Trinajstić information content (AvgIpc) is 2.63. The Morgan fingerprint density at radius 2 is 1.52 bits per heavy atom. The fraction of sp³-hybridized carbons (Fsp3) is 0.250. The summed E-state index contributed by atoms with van der Waals surface area (Å²) in [6, 6.07) is 15.8. The number of carbonyl (C=O) groups is 2. The van der Waals surface area contributed by atoms with E-state index in [0.717, 1.165) is 5.56 Å². The molecule has 0 fully saturated rings. The Kier molecular flexibility index (Phi) is 6.30. The maximum Gasteiger partial charge on any atom is 0.338 e. The van der Waals surface area contributed by atoms with Crippen LogP contribution in [0.5, 0.6) is 0 Å². The van der Waals surface area contributed by atoms with E-state index in [2.05, 4.69) is 6.07 Å². The molecule has 5 heteroatoms. The van der Waals surface area contributed by atoms with Crippen molar-refractivity contribution in [1.29, 1.82) is 5.26 Å². The zero-order valence-corrected chi connectivity index (χ0v) is 14.2. The van der Waals surface area contributed by atoms with E-state index in [9.17, 15) is 14.9 Å². The molecule has 0 aliphatic rings. The molecule has 0 saturated carbocycles. The van der Waals surface area contributed by atoms with Crippen molar-refractivity contribution in [1.82, 2.24) is 0 Å². The van der Waals surface area contributed by atoms with Crippen molar-refractivity contribution < 1.29 is 19.1 Å². The molecule has 0 heterocycles. The second kappa shape index (κ2) is 8.65. The van der Waals surface area contributed by atoms with Crippen LogP contribution in [0.3, 0.4) is 0 Å². The molecule has 2 aromatic rings. The van der Waals surface area contributed by atoms with Crippen molar-refractivity contribution in [3.05, 3.63) is 70.8 Å². The van der Waals surface area contributed by atoms with Crippen LogP contribution in [0.2, 0.25) is 0 Å². The number of nitrogens with zero attached hydrogens (tertiary/aromatic N) is 1. The van der Waals surface area contributed by atoms with Crippen molar-refractivity contribution in [2.45, 2.75) is 19.8 Å². The van der Waals surface area contributed by atoms with E-state index < -0.39 is 17.9 Å². The van der Waals surface area contributed by atoms with Gasteiger partial charge in [-0.1, -0.05) is 24.3 Å². The second-order valence-corrected chi connectivity index (χ2v) is 5.25. The summed E-state index contributed by atoms with van der Waals surface area (Å²) in [5, 5.41) is 9.57. The van der Waals surface area contributed by atoms with Gasteiger partial charge in [-0.15, -0.1) is 0 Å². The van der Waals surface area contributed by atoms with Gasteiger partial charge in [0.25, 0.3) is 0 Å². The molecular formula is C20H19NO4. The SMILES string of the molecule is CCOC(=O)c1ccc(C(C#N)c2cccc(C(=O)OCC)c2)cc1. The monoisotopic (exact) mass is 337 g/mol. The van der Waals surface area contributed by atoms with E-state index in [-0.39, 0.29) is 0 Å². The Balaban J connectivity index is 2.28. The Morgan fingerprint density at radius 1 is 0.920 bits per heavy atom. The lowest BCUT2D eigenvalue weighted by atomic mass is 9.91. The summed E-state index contributed by atoms with van der Waals surface area (Å²) in [6.45, 7) is 4.08. The standard InChI is InChI=1S/C20H19NO4/c1-3-24-19(22)15-10-8-14(9-11-15)18(13-21)16-6-5-7-17(12-16)20(23)25-4-2/h5-12,18H,3-4H2,1-2H3. The Morgan fingerprint density at radius 3 is 2.08 bits per heavy atom. The first-order chi connectivity index (χ1) is 12.1. The molecule has 0 aliphatic heterocycles. The van der Waals surface area contributed by atoms with Gasteiger partial charge in [-0.3, -0.25) is 0 Å². The summed E-state index contributed by atoms with van der Waals surface area (Å²) in [6.07, 6.45) is 0. The molecule has 128 valence electrons. The number of benzene rings is 2. The number of nitriles is 1. The number of esters is 2. The van der Waals surface area contributed by atoms with Crippen LogP contribution in [-0.2, 0) is 9.47 Å². The molecule has 25 heavy (non-hydrogen) atoms. The van der Waals surface area contributed by atoms with Crippen LogP contribution in [-0.4, -0.2) is 25.2 Å². The van der Waals surface area contributed by atoms with E-state index in [0.29, 0.717) is 29.9 Å². The number of hydrogen-bond donors (Lipinski definition) is 0. The molecule has 5 nitrogen and oxygen atoms in total. The third-order valence-corrected chi connectivity index (χ3v) is 3.62. The predicted octanol–water partition coefficient (Wildman–Crippen LogP) is 3.70. The predicted molar refractivity (Wildman–Crippen MR) is 92.3 cm³/mol. The van der Waals surface area contributed by atoms with E-state index in [1.165, 1.54) is 0 Å². The van der Waals surface area contributed by atoms with E-state index in [4.69, 9.17) is 9.47 Å². The van der Waals surface area contributed by atoms with Crippen LogP contribution < -0.4 is 0 Å². The highest BCUT2D eigenvalue weighted by atomic mass is 16.5. The van der Waals surface area contributed by atoms with Gasteiger partial charge in [0.05, 0.1) is 36.3 Å². The van der Waals surface area contributed by atoms with Gasteiger partial charge in [0.15, 0.2) is 0 Å². The van der Waals surface area contributed by atoms with Crippen LogP contribution in [0, 0.1) is 11.3 Å². The first-order valence-corrected chi connectivity index (χ1v) is 8.04. The van der Waals surface area contributed by atoms with Gasteiger partial charge in [0, 0.05) is 0 Å². The van der Waals surface area contributed by atoms with Crippen molar-refractivity contribution in [2.75, 3.05) is 13.2 Å². The highest BCUT2D eigenvalue weighted by Crippen LogP contribution is 2.25. The molecule has 0 aliphatic carbocycles. The van der Waals surface area contributed by atoms with Crippen LogP contribution in [0.4, 0.5) is 0 Å². The molecule has 0 amide bonds. The lowest BCUT2D eigenvalue weighted by molar-refractivity contribution is 0.0516. The average molecular weight is 337 g/mol. The third kappa shape index (κ3) is 4.45. The van der Waals surface area contributed by atoms with Gasteiger partial charge in [0.1, 0.15) is 0 Å². The quantitative estimate of drug-likeness (QED) is 0.751. The minimum absolute atomic E-state index is 0.292. The fourth-order valence-electron chi connectivity index (χ4n) is 2.43. The number of rotatable bonds is 6. The molecule has 0 N–H and O–H groups in total. The topological polar surface area (TPSA) is 76.4 Å². The van der Waals surface area contributed by atoms with Gasteiger partial charge in [0.2, 0.25) is 0 Å². The van der Waals surface area contributed by atoms with Crippen LogP contribution in [0.25, 0.3) is 0 Å². The van der Waals surface area contributed by atoms with Gasteiger partial charge < -0.3 is 9.47 Å². The maximum absolute atomic E-state index is 11.9. The second-order valence-electron chi connectivity index (χ2n) is 5.25. The lowest BCUT2D eigenvalue weighted by Crippen LogP contribution is -2.07. The van der Waals surface area contributed by atoms with Crippen molar-refractivity contribution >= 4 is 11.9 Å². The largest absolute Gasteiger partial charge is 0.462 e. The summed E-state index contributed by atoms with van der Waals surface area (Å²) in [7, 11) is 0. The molecule has 1 unspecified atom stereocenters. The minimum Gasteiger partial charge on any atom is -0.462 e. The summed E-state index contributed by atoms with van der Waals surface area (Å²) in [5.74, 6) is -1.36. The van der Waals surface area contributed by atoms with Gasteiger partial charge in [-0.2, -0.15) is 5.26 Å². The van der Waals surface area contributed by atoms with Crippen molar-refractivity contribution in [3.63, 3.8) is 0 Å². The molecule has 2 aromatic carbocycles. The Bertz CT molecular complexity index is 790. The molecule has 0 spiro atoms. The zero-order chi connectivity index (χ0) is 18.2. The number of carbonyl (C=O) groups excluding carboxylic acids is 2. The summed E-state index contributed by atoms with van der Waals surface area (Å²) in [5.41, 5.74) is 2.26. The van der Waals surface area contributed by atoms with Gasteiger partial charge >= 0.3 is 11.9 Å². The van der Waals surface area contributed by atoms with E-state index in [1.807, 2.05) is 0 Å². The van der Waals surface area contributed by atoms with E-state index in [1.54, 1.807) is 62.4 Å². The first kappa shape index (κ1) is 18.2. The molecule has 2 rings (SSSR count). The Hall–Kier alpha value is -3.13. The lowest BCUT2D eigenvalue weighted by Gasteiger charge is -2.12. The molecular weight excluding hydrogens is 318 g/mol. The zero-order valence-electron chi connectivity index (χ0n) is 14.2. The molecule has 0 saturated heterocycles. The first-order valence-electron chi connectivity index (χ1n) is 8.04. The highest BCUT2D eigenvalue weighted by molar-refractivity contribution is 5.90. The molecule has 0 bridgehead atoms. The smallest absolute Gasteiger partial charge is 0.338 e. The number of ether oxygens (including phenoxy) is 2. The minimum atomic E-state index is -0.550. The van der Waals surface area contributed by atoms with E-state index >= 15 is 0 Å². The van der Waals surface area contributed by atoms with Gasteiger partial charge in [-0.05, 0) is 49.2 Å². The van der Waals surface area contributed by atoms with Crippen molar-refractivity contribution in [2.24, 2.45) is 0 Å². The number of hydrogen-bond acceptors (Lipinski definition) is 5. The van der Waals surface area contributed by atoms with Crippen LogP contribution in [0.1, 0.15) is 51.6 Å². The maximum atomic E-state index is 11.9. The van der Waals surface area contributed by atoms with Crippen molar-refractivity contribution in [3.8, 4) is 6.07 Å². The molecule has 0 radical (unpaired) electrons. The summed E-state index contributed by atoms with van der Waals surface area (Å²) < 4.78 is 9.94. The highest BCUT2D eigenvalue weighted by Gasteiger charge is 2.17. The molecule has 0 aromatic heterocycles. The summed E-state index contributed by atoms with van der Waals surface area (Å²) in [4.78, 5) is 23.6. The van der Waals surface area contributed by atoms with Crippen LogP contribution >= 0.6 is 0 Å². The van der Waals surface area contributed by atoms with Gasteiger partial charge in [-0.25, -0.2) is 9.59 Å². The summed E-state index contributed by atoms with van der Waals surface area (Å²) >= 11 is 0. The normalized spacial score (nSPS) is 11.2.